The molecule has 0 saturated carbocycles. The molecule has 0 bridgehead atoms. The Hall–Kier alpha value is -1.97. The Labute approximate surface area is 108 Å². The van der Waals surface area contributed by atoms with Crippen LogP contribution in [0.5, 0.6) is 0 Å². The van der Waals surface area contributed by atoms with Crippen molar-refractivity contribution in [3.05, 3.63) is 35.7 Å². The summed E-state index contributed by atoms with van der Waals surface area (Å²) in [5.41, 5.74) is 5.51. The third-order valence-electron chi connectivity index (χ3n) is 3.14. The van der Waals surface area contributed by atoms with Gasteiger partial charge in [-0.15, -0.1) is 0 Å². The summed E-state index contributed by atoms with van der Waals surface area (Å²) in [7, 11) is 6.04. The van der Waals surface area contributed by atoms with Gasteiger partial charge < -0.3 is 10.2 Å². The van der Waals surface area contributed by atoms with E-state index in [0.29, 0.717) is 0 Å². The first-order valence-corrected chi connectivity index (χ1v) is 6.03. The molecule has 0 unspecified atom stereocenters. The van der Waals surface area contributed by atoms with Crippen molar-refractivity contribution in [1.29, 1.82) is 0 Å². The quantitative estimate of drug-likeness (QED) is 0.901. The van der Waals surface area contributed by atoms with Gasteiger partial charge in [-0.2, -0.15) is 5.10 Å². The largest absolute Gasteiger partial charge is 0.378 e. The van der Waals surface area contributed by atoms with Crippen LogP contribution in [0.2, 0.25) is 0 Å². The third-order valence-corrected chi connectivity index (χ3v) is 3.14. The Morgan fingerprint density at radius 2 is 1.94 bits per heavy atom. The molecule has 4 heteroatoms. The van der Waals surface area contributed by atoms with Gasteiger partial charge >= 0.3 is 0 Å². The molecule has 1 aromatic heterocycles. The molecule has 2 aromatic rings. The van der Waals surface area contributed by atoms with E-state index < -0.39 is 0 Å². The maximum atomic E-state index is 4.41. The van der Waals surface area contributed by atoms with Crippen molar-refractivity contribution in [1.82, 2.24) is 9.78 Å². The number of benzene rings is 1. The number of nitrogens with zero attached hydrogens (tertiary/aromatic N) is 3. The topological polar surface area (TPSA) is 33.1 Å². The molecule has 96 valence electrons. The van der Waals surface area contributed by atoms with Gasteiger partial charge in [0.2, 0.25) is 0 Å². The van der Waals surface area contributed by atoms with Crippen LogP contribution in [0.1, 0.15) is 11.4 Å². The Morgan fingerprint density at radius 3 is 2.50 bits per heavy atom. The third kappa shape index (κ3) is 2.32. The first-order chi connectivity index (χ1) is 8.49. The van der Waals surface area contributed by atoms with Gasteiger partial charge in [0, 0.05) is 32.5 Å². The van der Waals surface area contributed by atoms with Crippen molar-refractivity contribution >= 4 is 17.1 Å². The molecular formula is C14H20N4. The number of hydrogen-bond donors (Lipinski definition) is 1. The lowest BCUT2D eigenvalue weighted by molar-refractivity contribution is 0.731. The van der Waals surface area contributed by atoms with Gasteiger partial charge in [0.1, 0.15) is 0 Å². The summed E-state index contributed by atoms with van der Waals surface area (Å²) in [6.07, 6.45) is 0. The summed E-state index contributed by atoms with van der Waals surface area (Å²) in [6.45, 7) is 4.09. The van der Waals surface area contributed by atoms with E-state index in [1.807, 2.05) is 32.7 Å². The van der Waals surface area contributed by atoms with E-state index in [2.05, 4.69) is 46.5 Å². The highest BCUT2D eigenvalue weighted by molar-refractivity contribution is 5.67. The van der Waals surface area contributed by atoms with E-state index in [-0.39, 0.29) is 0 Å². The Bertz CT molecular complexity index is 555. The maximum Gasteiger partial charge on any atom is 0.0831 e. The SMILES string of the molecule is Cc1nn(C)c(C)c1Nc1cccc(N(C)C)c1. The van der Waals surface area contributed by atoms with Gasteiger partial charge in [-0.05, 0) is 32.0 Å². The molecule has 2 rings (SSSR count). The number of hydrogen-bond acceptors (Lipinski definition) is 3. The van der Waals surface area contributed by atoms with Crippen LogP contribution in [-0.2, 0) is 7.05 Å². The fourth-order valence-electron chi connectivity index (χ4n) is 1.96. The fraction of sp³-hybridized carbons (Fsp3) is 0.357. The average molecular weight is 244 g/mol. The molecule has 4 nitrogen and oxygen atoms in total. The van der Waals surface area contributed by atoms with Crippen LogP contribution in [0.15, 0.2) is 24.3 Å². The monoisotopic (exact) mass is 244 g/mol. The lowest BCUT2D eigenvalue weighted by Crippen LogP contribution is -2.08. The van der Waals surface area contributed by atoms with Gasteiger partial charge in [-0.1, -0.05) is 6.07 Å². The Kier molecular flexibility index (Phi) is 3.28. The first-order valence-electron chi connectivity index (χ1n) is 6.03. The van der Waals surface area contributed by atoms with Crippen LogP contribution in [0.4, 0.5) is 17.1 Å². The molecule has 0 radical (unpaired) electrons. The summed E-state index contributed by atoms with van der Waals surface area (Å²) in [5, 5.41) is 7.85. The predicted octanol–water partition coefficient (Wildman–Crippen LogP) is 2.85. The minimum absolute atomic E-state index is 1.02. The minimum atomic E-state index is 1.02. The highest BCUT2D eigenvalue weighted by Crippen LogP contribution is 2.25. The van der Waals surface area contributed by atoms with Crippen molar-refractivity contribution in [2.45, 2.75) is 13.8 Å². The zero-order valence-electron chi connectivity index (χ0n) is 11.7. The lowest BCUT2D eigenvalue weighted by Gasteiger charge is -2.14. The molecular weight excluding hydrogens is 224 g/mol. The van der Waals surface area contributed by atoms with E-state index in [9.17, 15) is 0 Å². The highest BCUT2D eigenvalue weighted by atomic mass is 15.3. The van der Waals surface area contributed by atoms with Crippen molar-refractivity contribution in [3.63, 3.8) is 0 Å². The summed E-state index contributed by atoms with van der Waals surface area (Å²) in [5.74, 6) is 0. The van der Waals surface area contributed by atoms with Crippen molar-refractivity contribution in [2.75, 3.05) is 24.3 Å². The summed E-state index contributed by atoms with van der Waals surface area (Å²) in [4.78, 5) is 2.09. The van der Waals surface area contributed by atoms with Gasteiger partial charge in [0.15, 0.2) is 0 Å². The van der Waals surface area contributed by atoms with Crippen molar-refractivity contribution in [3.8, 4) is 0 Å². The predicted molar refractivity (Wildman–Crippen MR) is 76.7 cm³/mol. The molecule has 0 amide bonds. The smallest absolute Gasteiger partial charge is 0.0831 e. The van der Waals surface area contributed by atoms with Crippen LogP contribution >= 0.6 is 0 Å². The number of aryl methyl sites for hydroxylation is 2. The van der Waals surface area contributed by atoms with Crippen LogP contribution in [0.25, 0.3) is 0 Å². The molecule has 18 heavy (non-hydrogen) atoms. The molecule has 1 aromatic carbocycles. The second kappa shape index (κ2) is 4.72. The van der Waals surface area contributed by atoms with Crippen molar-refractivity contribution < 1.29 is 0 Å². The summed E-state index contributed by atoms with van der Waals surface area (Å²) in [6, 6.07) is 8.34. The summed E-state index contributed by atoms with van der Waals surface area (Å²) >= 11 is 0. The molecule has 0 spiro atoms. The molecule has 1 heterocycles. The number of rotatable bonds is 3. The number of aromatic nitrogens is 2. The zero-order valence-corrected chi connectivity index (χ0v) is 11.7. The second-order valence-corrected chi connectivity index (χ2v) is 4.74. The number of anilines is 3. The van der Waals surface area contributed by atoms with Gasteiger partial charge in [-0.25, -0.2) is 0 Å². The molecule has 0 aliphatic heterocycles. The van der Waals surface area contributed by atoms with Crippen LogP contribution in [0, 0.1) is 13.8 Å². The van der Waals surface area contributed by atoms with Crippen molar-refractivity contribution in [2.24, 2.45) is 7.05 Å². The minimum Gasteiger partial charge on any atom is -0.378 e. The Balaban J connectivity index is 2.31. The molecule has 0 fully saturated rings. The van der Waals surface area contributed by atoms with E-state index >= 15 is 0 Å². The van der Waals surface area contributed by atoms with E-state index in [1.54, 1.807) is 0 Å². The first kappa shape index (κ1) is 12.5. The molecule has 0 atom stereocenters. The highest BCUT2D eigenvalue weighted by Gasteiger charge is 2.09. The normalized spacial score (nSPS) is 10.5. The van der Waals surface area contributed by atoms with Crippen LogP contribution in [-0.4, -0.2) is 23.9 Å². The van der Waals surface area contributed by atoms with Gasteiger partial charge in [0.25, 0.3) is 0 Å². The van der Waals surface area contributed by atoms with E-state index in [4.69, 9.17) is 0 Å². The molecule has 1 N–H and O–H groups in total. The maximum absolute atomic E-state index is 4.41. The Morgan fingerprint density at radius 1 is 1.22 bits per heavy atom. The molecule has 0 aliphatic rings. The molecule has 0 saturated heterocycles. The zero-order chi connectivity index (χ0) is 13.3. The lowest BCUT2D eigenvalue weighted by atomic mass is 10.2. The van der Waals surface area contributed by atoms with Gasteiger partial charge in [-0.3, -0.25) is 4.68 Å². The van der Waals surface area contributed by atoms with Crippen LogP contribution in [0.3, 0.4) is 0 Å². The number of nitrogens with one attached hydrogen (secondary N) is 1. The second-order valence-electron chi connectivity index (χ2n) is 4.74. The van der Waals surface area contributed by atoms with Gasteiger partial charge in [0.05, 0.1) is 17.1 Å². The van der Waals surface area contributed by atoms with E-state index in [1.165, 1.54) is 5.69 Å². The molecule has 0 aliphatic carbocycles. The summed E-state index contributed by atoms with van der Waals surface area (Å²) < 4.78 is 1.90. The fourth-order valence-corrected chi connectivity index (χ4v) is 1.96. The van der Waals surface area contributed by atoms with Crippen LogP contribution < -0.4 is 10.2 Å². The average Bonchev–Trinajstić information content (AvgIpc) is 2.56. The van der Waals surface area contributed by atoms with E-state index in [0.717, 1.165) is 22.8 Å². The standard InChI is InChI=1S/C14H20N4/c1-10-14(11(2)18(5)16-10)15-12-7-6-8-13(9-12)17(3)4/h6-9,15H,1-5H3.